The second-order valence-corrected chi connectivity index (χ2v) is 32.8. The van der Waals surface area contributed by atoms with Gasteiger partial charge in [-0.15, -0.1) is 0 Å². The van der Waals surface area contributed by atoms with E-state index in [9.17, 15) is 4.79 Å². The van der Waals surface area contributed by atoms with Gasteiger partial charge in [0.2, 0.25) is 8.32 Å². The van der Waals surface area contributed by atoms with Crippen molar-refractivity contribution < 1.29 is 22.5 Å². The Kier molecular flexibility index (Phi) is 18.5. The minimum absolute atomic E-state index is 0.0240. The number of carbonyl (C=O) groups is 1. The van der Waals surface area contributed by atoms with Crippen LogP contribution in [-0.2, 0) is 22.5 Å². The fraction of sp³-hybridized carbons (Fsp3) is 0.900. The van der Waals surface area contributed by atoms with Crippen LogP contribution in [0.2, 0.25) is 78.6 Å². The smallest absolute Gasteiger partial charge is 0.292 e. The minimum atomic E-state index is -1.77. The van der Waals surface area contributed by atoms with Crippen LogP contribution in [0.5, 0.6) is 0 Å². The third kappa shape index (κ3) is 25.4. The molecule has 0 bridgehead atoms. The molecule has 0 aromatic rings. The summed E-state index contributed by atoms with van der Waals surface area (Å²) in [4.78, 5) is 12.0. The van der Waals surface area contributed by atoms with Crippen molar-refractivity contribution in [2.24, 2.45) is 0 Å². The van der Waals surface area contributed by atoms with Crippen LogP contribution in [0.25, 0.3) is 0 Å². The first-order chi connectivity index (χ1) is 17.7. The van der Waals surface area contributed by atoms with E-state index in [-0.39, 0.29) is 24.3 Å². The van der Waals surface area contributed by atoms with E-state index < -0.39 is 33.3 Å². The van der Waals surface area contributed by atoms with Crippen LogP contribution in [0, 0.1) is 0 Å². The predicted molar refractivity (Wildman–Crippen MR) is 180 cm³/mol. The summed E-state index contributed by atoms with van der Waals surface area (Å²) >= 11 is 0. The molecule has 0 aromatic carbocycles. The molecule has 0 aliphatic heterocycles. The third-order valence-corrected chi connectivity index (χ3v) is 9.60. The number of hydrogen-bond donors (Lipinski definition) is 0. The lowest BCUT2D eigenvalue weighted by atomic mass is 10.0. The standard InChI is InChI=1S/C30H66O5Si4/c1-14-15-19-23-28(33-37(5,6)7)29(34-38(8,9)10)26-25-27(32-36(2,3)4)22-20-17-16-18-21-24-30(31)35-39(11,12)13/h25-29H,14-24H2,1-13H3/b26-25+/t27-,28-,29-/m0/s1. The summed E-state index contributed by atoms with van der Waals surface area (Å²) in [6, 6.07) is 0. The summed E-state index contributed by atoms with van der Waals surface area (Å²) in [6.45, 7) is 28.9. The van der Waals surface area contributed by atoms with E-state index in [0.29, 0.717) is 6.42 Å². The second-order valence-electron chi connectivity index (χ2n) is 15.0. The molecule has 0 saturated heterocycles. The lowest BCUT2D eigenvalue weighted by molar-refractivity contribution is -0.135. The van der Waals surface area contributed by atoms with Crippen LogP contribution in [0.15, 0.2) is 12.2 Å². The van der Waals surface area contributed by atoms with Gasteiger partial charge in [0.05, 0.1) is 18.3 Å². The molecule has 0 unspecified atom stereocenters. The highest BCUT2D eigenvalue weighted by molar-refractivity contribution is 6.71. The van der Waals surface area contributed by atoms with Gasteiger partial charge in [-0.2, -0.15) is 0 Å². The van der Waals surface area contributed by atoms with E-state index >= 15 is 0 Å². The first kappa shape index (κ1) is 39.0. The molecule has 3 atom stereocenters. The Bertz CT molecular complexity index is 687. The van der Waals surface area contributed by atoms with Gasteiger partial charge in [-0.05, 0) is 97.8 Å². The van der Waals surface area contributed by atoms with Crippen LogP contribution < -0.4 is 0 Å². The Balaban J connectivity index is 5.23. The number of carbonyl (C=O) groups excluding carboxylic acids is 1. The number of hydrogen-bond acceptors (Lipinski definition) is 5. The van der Waals surface area contributed by atoms with Crippen molar-refractivity contribution in [3.8, 4) is 0 Å². The zero-order valence-corrected chi connectivity index (χ0v) is 32.2. The maximum atomic E-state index is 12.0. The lowest BCUT2D eigenvalue weighted by Gasteiger charge is -2.35. The van der Waals surface area contributed by atoms with E-state index in [1.54, 1.807) is 0 Å². The molecule has 0 aromatic heterocycles. The number of unbranched alkanes of at least 4 members (excludes halogenated alkanes) is 6. The van der Waals surface area contributed by atoms with Crippen molar-refractivity contribution in [1.29, 1.82) is 0 Å². The maximum Gasteiger partial charge on any atom is 0.292 e. The highest BCUT2D eigenvalue weighted by Crippen LogP contribution is 2.24. The Hall–Kier alpha value is -0.0425. The molecule has 39 heavy (non-hydrogen) atoms. The summed E-state index contributed by atoms with van der Waals surface area (Å²) in [5, 5.41) is 0. The first-order valence-corrected chi connectivity index (χ1v) is 29.3. The summed E-state index contributed by atoms with van der Waals surface area (Å²) in [5.41, 5.74) is 0. The van der Waals surface area contributed by atoms with Gasteiger partial charge in [-0.3, -0.25) is 4.79 Å². The highest BCUT2D eigenvalue weighted by atomic mass is 28.4. The predicted octanol–water partition coefficient (Wildman–Crippen LogP) is 9.89. The van der Waals surface area contributed by atoms with E-state index in [4.69, 9.17) is 17.7 Å². The van der Waals surface area contributed by atoms with Crippen molar-refractivity contribution in [3.05, 3.63) is 12.2 Å². The SMILES string of the molecule is CCCCC[C@H](O[Si](C)(C)C)[C@H](/C=C/[C@H](CCCCCCCC(=O)O[Si](C)(C)C)O[Si](C)(C)C)O[Si](C)(C)C. The molecule has 5 nitrogen and oxygen atoms in total. The van der Waals surface area contributed by atoms with E-state index in [1.807, 2.05) is 0 Å². The Morgan fingerprint density at radius 2 is 1.10 bits per heavy atom. The van der Waals surface area contributed by atoms with E-state index in [0.717, 1.165) is 44.9 Å². The second kappa shape index (κ2) is 18.5. The van der Waals surface area contributed by atoms with Crippen molar-refractivity contribution in [3.63, 3.8) is 0 Å². The summed E-state index contributed by atoms with van der Waals surface area (Å²) in [5.74, 6) is -0.0240. The molecule has 0 aliphatic rings. The van der Waals surface area contributed by atoms with Crippen LogP contribution in [0.4, 0.5) is 0 Å². The van der Waals surface area contributed by atoms with E-state index in [2.05, 4.69) is 97.6 Å². The molecule has 0 N–H and O–H groups in total. The first-order valence-electron chi connectivity index (χ1n) is 15.6. The topological polar surface area (TPSA) is 54.0 Å². The largest absolute Gasteiger partial charge is 0.520 e. The van der Waals surface area contributed by atoms with Crippen molar-refractivity contribution in [1.82, 2.24) is 0 Å². The molecule has 0 rings (SSSR count). The molecular weight excluding hydrogens is 553 g/mol. The summed E-state index contributed by atoms with van der Waals surface area (Å²) in [7, 11) is -6.96. The molecule has 0 spiro atoms. The van der Waals surface area contributed by atoms with Gasteiger partial charge in [0.1, 0.15) is 0 Å². The summed E-state index contributed by atoms with van der Waals surface area (Å²) < 4.78 is 25.7. The quantitative estimate of drug-likeness (QED) is 0.0686. The van der Waals surface area contributed by atoms with Gasteiger partial charge in [-0.25, -0.2) is 0 Å². The molecular formula is C30H66O5Si4. The van der Waals surface area contributed by atoms with E-state index in [1.165, 1.54) is 19.3 Å². The van der Waals surface area contributed by atoms with Crippen LogP contribution in [0.1, 0.15) is 77.6 Å². The zero-order valence-electron chi connectivity index (χ0n) is 28.2. The molecule has 0 fully saturated rings. The van der Waals surface area contributed by atoms with Crippen LogP contribution in [-0.4, -0.2) is 57.6 Å². The normalized spacial score (nSPS) is 15.9. The van der Waals surface area contributed by atoms with Crippen molar-refractivity contribution >= 4 is 39.2 Å². The van der Waals surface area contributed by atoms with Gasteiger partial charge in [0.25, 0.3) is 5.97 Å². The summed E-state index contributed by atoms with van der Waals surface area (Å²) in [6.07, 6.45) is 16.4. The van der Waals surface area contributed by atoms with Gasteiger partial charge in [0.15, 0.2) is 25.0 Å². The zero-order chi connectivity index (χ0) is 30.3. The Labute approximate surface area is 247 Å². The van der Waals surface area contributed by atoms with Gasteiger partial charge in [0, 0.05) is 6.42 Å². The molecule has 0 saturated carbocycles. The Morgan fingerprint density at radius 3 is 1.62 bits per heavy atom. The average molecular weight is 619 g/mol. The molecule has 0 heterocycles. The average Bonchev–Trinajstić information content (AvgIpc) is 2.71. The maximum absolute atomic E-state index is 12.0. The lowest BCUT2D eigenvalue weighted by Crippen LogP contribution is -2.44. The fourth-order valence-corrected chi connectivity index (χ4v) is 8.50. The third-order valence-electron chi connectivity index (χ3n) is 5.76. The molecule has 0 aliphatic carbocycles. The Morgan fingerprint density at radius 1 is 0.590 bits per heavy atom. The molecule has 0 amide bonds. The molecule has 232 valence electrons. The monoisotopic (exact) mass is 618 g/mol. The van der Waals surface area contributed by atoms with Crippen molar-refractivity contribution in [2.45, 2.75) is 174 Å². The molecule has 9 heteroatoms. The highest BCUT2D eigenvalue weighted by Gasteiger charge is 2.31. The number of rotatable bonds is 22. The van der Waals surface area contributed by atoms with Crippen LogP contribution >= 0.6 is 0 Å². The van der Waals surface area contributed by atoms with Gasteiger partial charge >= 0.3 is 0 Å². The fourth-order valence-electron chi connectivity index (χ4n) is 4.41. The minimum Gasteiger partial charge on any atom is -0.520 e. The van der Waals surface area contributed by atoms with Gasteiger partial charge in [-0.1, -0.05) is 64.0 Å². The molecule has 0 radical (unpaired) electrons. The van der Waals surface area contributed by atoms with Crippen LogP contribution in [0.3, 0.4) is 0 Å². The van der Waals surface area contributed by atoms with Crippen molar-refractivity contribution in [2.75, 3.05) is 0 Å². The van der Waals surface area contributed by atoms with Gasteiger partial charge < -0.3 is 17.7 Å².